The Morgan fingerprint density at radius 2 is 1.80 bits per heavy atom. The lowest BCUT2D eigenvalue weighted by atomic mass is 9.93. The molecular weight excluding hydrogens is 572 g/mol. The zero-order valence-electron chi connectivity index (χ0n) is 23.7. The minimum atomic E-state index is -3.73. The molecule has 2 aromatic rings. The quantitative estimate of drug-likeness (QED) is 0.432. The molecule has 2 amide bonds. The largest absolute Gasteiger partial charge is 0.497 e. The maximum Gasteiger partial charge on any atom is 0.338 e. The van der Waals surface area contributed by atoms with Crippen LogP contribution in [-0.4, -0.2) is 94.6 Å². The smallest absolute Gasteiger partial charge is 0.338 e. The molecule has 1 saturated heterocycles. The highest BCUT2D eigenvalue weighted by Gasteiger charge is 2.40. The highest BCUT2D eigenvalue weighted by molar-refractivity contribution is 7.89. The van der Waals surface area contributed by atoms with Crippen LogP contribution < -0.4 is 14.8 Å². The number of urea groups is 1. The molecule has 2 atom stereocenters. The van der Waals surface area contributed by atoms with Gasteiger partial charge in [-0.1, -0.05) is 11.6 Å². The molecule has 2 aliphatic heterocycles. The van der Waals surface area contributed by atoms with Gasteiger partial charge in [0.15, 0.2) is 0 Å². The molecule has 41 heavy (non-hydrogen) atoms. The Hall–Kier alpha value is -3.32. The highest BCUT2D eigenvalue weighted by Crippen LogP contribution is 2.38. The average molecular weight is 607 g/mol. The molecule has 222 valence electrons. The molecule has 2 heterocycles. The molecule has 0 saturated carbocycles. The van der Waals surface area contributed by atoms with Gasteiger partial charge in [-0.2, -0.15) is 4.31 Å². The van der Waals surface area contributed by atoms with Crippen molar-refractivity contribution in [3.8, 4) is 11.5 Å². The Kier molecular flexibility index (Phi) is 9.48. The molecule has 4 rings (SSSR count). The van der Waals surface area contributed by atoms with E-state index in [0.29, 0.717) is 40.9 Å². The van der Waals surface area contributed by atoms with Crippen LogP contribution in [0, 0.1) is 0 Å². The number of ether oxygens (including phenoxy) is 3. The van der Waals surface area contributed by atoms with Crippen LogP contribution in [0.3, 0.4) is 0 Å². The van der Waals surface area contributed by atoms with Crippen LogP contribution in [0.5, 0.6) is 11.5 Å². The fourth-order valence-corrected chi connectivity index (χ4v) is 6.91. The highest BCUT2D eigenvalue weighted by atomic mass is 35.5. The number of benzene rings is 2. The number of piperazine rings is 1. The number of nitrogens with one attached hydrogen (secondary N) is 1. The third-order valence-electron chi connectivity index (χ3n) is 7.26. The summed E-state index contributed by atoms with van der Waals surface area (Å²) in [5, 5.41) is 3.36. The molecule has 0 spiro atoms. The maximum atomic E-state index is 13.4. The van der Waals surface area contributed by atoms with Gasteiger partial charge >= 0.3 is 12.0 Å². The maximum absolute atomic E-state index is 13.4. The van der Waals surface area contributed by atoms with Crippen molar-refractivity contribution in [2.24, 2.45) is 0 Å². The van der Waals surface area contributed by atoms with E-state index in [-0.39, 0.29) is 36.2 Å². The number of amides is 2. The summed E-state index contributed by atoms with van der Waals surface area (Å²) < 4.78 is 44.5. The van der Waals surface area contributed by atoms with E-state index in [0.717, 1.165) is 0 Å². The van der Waals surface area contributed by atoms with E-state index < -0.39 is 28.1 Å². The fourth-order valence-electron chi connectivity index (χ4n) is 5.17. The zero-order chi connectivity index (χ0) is 29.9. The number of likely N-dealkylation sites (N-methyl/N-ethyl adjacent to an activating group) is 1. The van der Waals surface area contributed by atoms with E-state index in [9.17, 15) is 18.0 Å². The van der Waals surface area contributed by atoms with Crippen molar-refractivity contribution < 1.29 is 32.2 Å². The topological polar surface area (TPSA) is 118 Å². The third-order valence-corrected chi connectivity index (χ3v) is 9.54. The summed E-state index contributed by atoms with van der Waals surface area (Å²) in [6.07, 6.45) is 0. The summed E-state index contributed by atoms with van der Waals surface area (Å²) in [6.45, 7) is 4.92. The number of sulfonamides is 1. The molecule has 11 nitrogen and oxygen atoms in total. The Balaban J connectivity index is 1.67. The van der Waals surface area contributed by atoms with Crippen LogP contribution in [0.15, 0.2) is 58.6 Å². The van der Waals surface area contributed by atoms with Gasteiger partial charge in [0.1, 0.15) is 11.5 Å². The lowest BCUT2D eigenvalue weighted by molar-refractivity contribution is -0.139. The van der Waals surface area contributed by atoms with Gasteiger partial charge in [0, 0.05) is 55.6 Å². The summed E-state index contributed by atoms with van der Waals surface area (Å²) in [6, 6.07) is 9.62. The number of esters is 1. The lowest BCUT2D eigenvalue weighted by Crippen LogP contribution is -2.56. The first-order valence-corrected chi connectivity index (χ1v) is 15.0. The Labute approximate surface area is 245 Å². The van der Waals surface area contributed by atoms with Crippen molar-refractivity contribution in [1.29, 1.82) is 0 Å². The molecule has 1 N–H and O–H groups in total. The number of halogens is 1. The first-order chi connectivity index (χ1) is 19.5. The summed E-state index contributed by atoms with van der Waals surface area (Å²) in [5.41, 5.74) is 1.27. The second kappa shape index (κ2) is 12.7. The molecule has 0 aromatic heterocycles. The van der Waals surface area contributed by atoms with E-state index in [1.54, 1.807) is 44.3 Å². The normalized spacial score (nSPS) is 20.5. The van der Waals surface area contributed by atoms with E-state index in [4.69, 9.17) is 25.8 Å². The Morgan fingerprint density at radius 3 is 2.41 bits per heavy atom. The molecule has 2 aromatic carbocycles. The van der Waals surface area contributed by atoms with Gasteiger partial charge in [0.25, 0.3) is 0 Å². The van der Waals surface area contributed by atoms with Crippen molar-refractivity contribution in [3.05, 3.63) is 64.3 Å². The zero-order valence-corrected chi connectivity index (χ0v) is 25.3. The van der Waals surface area contributed by atoms with Gasteiger partial charge in [-0.3, -0.25) is 9.80 Å². The molecule has 0 radical (unpaired) electrons. The monoisotopic (exact) mass is 606 g/mol. The summed E-state index contributed by atoms with van der Waals surface area (Å²) in [5.74, 6) is 0.434. The van der Waals surface area contributed by atoms with Crippen molar-refractivity contribution >= 4 is 33.6 Å². The number of rotatable bonds is 9. The number of nitrogens with zero attached hydrogens (tertiary/aromatic N) is 3. The van der Waals surface area contributed by atoms with Gasteiger partial charge in [0.2, 0.25) is 10.0 Å². The number of carbonyl (C=O) groups excluding carboxylic acids is 2. The van der Waals surface area contributed by atoms with E-state index in [1.165, 1.54) is 35.6 Å². The number of carbonyl (C=O) groups is 2. The SMILES string of the molecule is CCOC(=O)C1=C(CN2CCN(S(=O)(=O)c3ccc(Cl)cc3)C(C)C2)N(C)C(=O)NC1c1cc(OC)ccc1OC. The third kappa shape index (κ3) is 6.30. The molecule has 1 fully saturated rings. The van der Waals surface area contributed by atoms with E-state index in [1.807, 2.05) is 11.8 Å². The van der Waals surface area contributed by atoms with E-state index in [2.05, 4.69) is 5.32 Å². The standard InChI is InChI=1S/C28H35ClN4O7S/c1-6-40-27(34)25-23(31(3)28(35)30-26(25)22-15-20(38-4)9-12-24(22)39-5)17-32-13-14-33(18(2)16-32)41(36,37)21-10-7-19(29)8-11-21/h7-12,15,18,26H,6,13-14,16-17H2,1-5H3,(H,30,35). The lowest BCUT2D eigenvalue weighted by Gasteiger charge is -2.41. The van der Waals surface area contributed by atoms with Crippen LogP contribution in [0.4, 0.5) is 4.79 Å². The molecule has 2 aliphatic rings. The van der Waals surface area contributed by atoms with Gasteiger partial charge in [-0.25, -0.2) is 18.0 Å². The van der Waals surface area contributed by atoms with Crippen molar-refractivity contribution in [2.75, 3.05) is 54.1 Å². The predicted octanol–water partition coefficient (Wildman–Crippen LogP) is 3.27. The van der Waals surface area contributed by atoms with Gasteiger partial charge in [-0.05, 0) is 56.3 Å². The number of hydrogen-bond acceptors (Lipinski definition) is 8. The summed E-state index contributed by atoms with van der Waals surface area (Å²) in [4.78, 5) is 30.2. The number of hydrogen-bond donors (Lipinski definition) is 1. The second-order valence-corrected chi connectivity index (χ2v) is 12.1. The predicted molar refractivity (Wildman–Crippen MR) is 153 cm³/mol. The van der Waals surface area contributed by atoms with E-state index >= 15 is 0 Å². The first-order valence-electron chi connectivity index (χ1n) is 13.2. The van der Waals surface area contributed by atoms with Crippen LogP contribution in [-0.2, 0) is 19.6 Å². The fraction of sp³-hybridized carbons (Fsp3) is 0.429. The molecule has 0 aliphatic carbocycles. The summed E-state index contributed by atoms with van der Waals surface area (Å²) >= 11 is 5.95. The Morgan fingerprint density at radius 1 is 1.10 bits per heavy atom. The summed E-state index contributed by atoms with van der Waals surface area (Å²) in [7, 11) is 0.895. The number of methoxy groups -OCH3 is 2. The van der Waals surface area contributed by atoms with Gasteiger partial charge < -0.3 is 19.5 Å². The molecular formula is C28H35ClN4O7S. The van der Waals surface area contributed by atoms with Crippen LogP contribution >= 0.6 is 11.6 Å². The molecule has 13 heteroatoms. The molecule has 2 unspecified atom stereocenters. The minimum Gasteiger partial charge on any atom is -0.497 e. The van der Waals surface area contributed by atoms with Crippen molar-refractivity contribution in [2.45, 2.75) is 30.8 Å². The average Bonchev–Trinajstić information content (AvgIpc) is 2.95. The van der Waals surface area contributed by atoms with Crippen LogP contribution in [0.1, 0.15) is 25.5 Å². The molecule has 0 bridgehead atoms. The van der Waals surface area contributed by atoms with Gasteiger partial charge in [-0.15, -0.1) is 0 Å². The second-order valence-electron chi connectivity index (χ2n) is 9.78. The van der Waals surface area contributed by atoms with Crippen LogP contribution in [0.2, 0.25) is 5.02 Å². The Bertz CT molecular complexity index is 1430. The van der Waals surface area contributed by atoms with Crippen LogP contribution in [0.25, 0.3) is 0 Å². The van der Waals surface area contributed by atoms with Crippen molar-refractivity contribution in [3.63, 3.8) is 0 Å². The first kappa shape index (κ1) is 30.6. The van der Waals surface area contributed by atoms with Gasteiger partial charge in [0.05, 0.1) is 37.3 Å². The minimum absolute atomic E-state index is 0.146. The van der Waals surface area contributed by atoms with Crippen molar-refractivity contribution in [1.82, 2.24) is 19.4 Å².